The van der Waals surface area contributed by atoms with Crippen molar-refractivity contribution in [3.8, 4) is 0 Å². The molecule has 0 bridgehead atoms. The van der Waals surface area contributed by atoms with Crippen LogP contribution in [0.15, 0.2) is 0 Å². The van der Waals surface area contributed by atoms with Gasteiger partial charge in [0.05, 0.1) is 26.4 Å². The second-order valence-corrected chi connectivity index (χ2v) is 9.99. The standard InChI is InChI=1S/C24H52NO3.H2O4S/c1-2-3-4-5-6-7-8-9-10-11-12-13-14-15-16-17-18-25(19-22-26,20-23-27)21-24-28;1-5(2,3)4/h26-28H,2-24H2,1H3;(H2,1,2,3,4)/q+1;/p-1. The molecule has 0 amide bonds. The van der Waals surface area contributed by atoms with E-state index in [2.05, 4.69) is 6.92 Å². The molecule has 0 aliphatic heterocycles. The van der Waals surface area contributed by atoms with Gasteiger partial charge in [0.15, 0.2) is 0 Å². The summed E-state index contributed by atoms with van der Waals surface area (Å²) in [6.07, 6.45) is 21.9. The minimum Gasteiger partial charge on any atom is -0.726 e. The molecule has 33 heavy (non-hydrogen) atoms. The Morgan fingerprint density at radius 2 is 0.788 bits per heavy atom. The molecule has 9 heteroatoms. The van der Waals surface area contributed by atoms with Crippen molar-refractivity contribution in [1.29, 1.82) is 0 Å². The van der Waals surface area contributed by atoms with Gasteiger partial charge >= 0.3 is 0 Å². The molecule has 0 spiro atoms. The van der Waals surface area contributed by atoms with Crippen LogP contribution in [-0.4, -0.2) is 83.3 Å². The third-order valence-corrected chi connectivity index (χ3v) is 6.21. The summed E-state index contributed by atoms with van der Waals surface area (Å²) in [6.45, 7) is 5.53. The topological polar surface area (TPSA) is 138 Å². The minimum absolute atomic E-state index is 0.124. The predicted octanol–water partition coefficient (Wildman–Crippen LogP) is 4.05. The molecular formula is C24H53NO7S. The molecule has 0 saturated heterocycles. The van der Waals surface area contributed by atoms with Crippen LogP contribution >= 0.6 is 0 Å². The fourth-order valence-electron chi connectivity index (χ4n) is 4.30. The van der Waals surface area contributed by atoms with E-state index in [1.165, 1.54) is 96.3 Å². The van der Waals surface area contributed by atoms with Crippen LogP contribution in [0.5, 0.6) is 0 Å². The summed E-state index contributed by atoms with van der Waals surface area (Å²) >= 11 is 0. The zero-order valence-corrected chi connectivity index (χ0v) is 21.9. The Kier molecular flexibility index (Phi) is 26.2. The second kappa shape index (κ2) is 24.8. The van der Waals surface area contributed by atoms with Crippen LogP contribution in [0.1, 0.15) is 110 Å². The van der Waals surface area contributed by atoms with E-state index >= 15 is 0 Å². The minimum atomic E-state index is -4.92. The van der Waals surface area contributed by atoms with Gasteiger partial charge in [-0.2, -0.15) is 0 Å². The molecule has 202 valence electrons. The van der Waals surface area contributed by atoms with Gasteiger partial charge in [-0.25, -0.2) is 8.42 Å². The largest absolute Gasteiger partial charge is 0.726 e. The molecule has 8 nitrogen and oxygen atoms in total. The second-order valence-electron chi connectivity index (χ2n) is 9.14. The van der Waals surface area contributed by atoms with Crippen LogP contribution in [0.4, 0.5) is 0 Å². The quantitative estimate of drug-likeness (QED) is 0.0720. The fraction of sp³-hybridized carbons (Fsp3) is 1.00. The van der Waals surface area contributed by atoms with E-state index in [4.69, 9.17) is 17.5 Å². The summed E-state index contributed by atoms with van der Waals surface area (Å²) in [6, 6.07) is 0. The maximum Gasteiger partial charge on any atom is 0.215 e. The van der Waals surface area contributed by atoms with Crippen molar-refractivity contribution in [3.63, 3.8) is 0 Å². The van der Waals surface area contributed by atoms with Crippen LogP contribution in [0.25, 0.3) is 0 Å². The van der Waals surface area contributed by atoms with Gasteiger partial charge in [-0.15, -0.1) is 0 Å². The SMILES string of the molecule is CCCCCCCCCCCCCCCCCC[N+](CCO)(CCO)CCO.O=S(=O)([O-])O. The molecule has 0 radical (unpaired) electrons. The number of rotatable bonds is 23. The van der Waals surface area contributed by atoms with Gasteiger partial charge in [0.25, 0.3) is 0 Å². The van der Waals surface area contributed by atoms with Gasteiger partial charge in [-0.1, -0.05) is 96.8 Å². The van der Waals surface area contributed by atoms with Crippen molar-refractivity contribution >= 4 is 10.4 Å². The smallest absolute Gasteiger partial charge is 0.215 e. The molecule has 0 aliphatic rings. The maximum atomic E-state index is 9.31. The Morgan fingerprint density at radius 1 is 0.545 bits per heavy atom. The van der Waals surface area contributed by atoms with Crippen molar-refractivity contribution < 1.29 is 37.3 Å². The summed E-state index contributed by atoms with van der Waals surface area (Å²) in [5.41, 5.74) is 0. The van der Waals surface area contributed by atoms with Gasteiger partial charge < -0.3 is 24.4 Å². The monoisotopic (exact) mass is 499 g/mol. The first-order valence-electron chi connectivity index (χ1n) is 13.1. The lowest BCUT2D eigenvalue weighted by Crippen LogP contribution is -2.53. The zero-order chi connectivity index (χ0) is 25.3. The number of aliphatic hydroxyl groups is 3. The van der Waals surface area contributed by atoms with Crippen molar-refractivity contribution in [1.82, 2.24) is 0 Å². The lowest BCUT2D eigenvalue weighted by molar-refractivity contribution is -0.929. The summed E-state index contributed by atoms with van der Waals surface area (Å²) < 4.78 is 33.5. The average molecular weight is 500 g/mol. The summed E-state index contributed by atoms with van der Waals surface area (Å²) in [4.78, 5) is 0. The molecule has 4 N–H and O–H groups in total. The molecular weight excluding hydrogens is 446 g/mol. The highest BCUT2D eigenvalue weighted by atomic mass is 32.3. The van der Waals surface area contributed by atoms with E-state index in [0.717, 1.165) is 13.0 Å². The van der Waals surface area contributed by atoms with Crippen molar-refractivity contribution in [2.24, 2.45) is 0 Å². The van der Waals surface area contributed by atoms with Crippen LogP contribution in [0.2, 0.25) is 0 Å². The third-order valence-electron chi connectivity index (χ3n) is 6.21. The Hall–Kier alpha value is -0.290. The molecule has 0 saturated carbocycles. The molecule has 0 aromatic carbocycles. The molecule has 0 fully saturated rings. The van der Waals surface area contributed by atoms with E-state index in [0.29, 0.717) is 24.1 Å². The van der Waals surface area contributed by atoms with Crippen molar-refractivity contribution in [3.05, 3.63) is 0 Å². The number of nitrogens with zero attached hydrogens (tertiary/aromatic N) is 1. The first-order chi connectivity index (χ1) is 15.7. The van der Waals surface area contributed by atoms with E-state index in [1.54, 1.807) is 0 Å². The predicted molar refractivity (Wildman–Crippen MR) is 133 cm³/mol. The van der Waals surface area contributed by atoms with Crippen LogP contribution in [-0.2, 0) is 10.4 Å². The number of aliphatic hydroxyl groups excluding tert-OH is 3. The third kappa shape index (κ3) is 29.7. The first-order valence-corrected chi connectivity index (χ1v) is 14.5. The Morgan fingerprint density at radius 3 is 1.03 bits per heavy atom. The highest BCUT2D eigenvalue weighted by molar-refractivity contribution is 7.79. The van der Waals surface area contributed by atoms with E-state index < -0.39 is 10.4 Å². The molecule has 0 rings (SSSR count). The average Bonchev–Trinajstić information content (AvgIpc) is 2.73. The van der Waals surface area contributed by atoms with Gasteiger partial charge in [0, 0.05) is 0 Å². The number of hydrogen-bond acceptors (Lipinski definition) is 6. The van der Waals surface area contributed by atoms with Crippen LogP contribution < -0.4 is 0 Å². The highest BCUT2D eigenvalue weighted by Crippen LogP contribution is 2.15. The lowest BCUT2D eigenvalue weighted by atomic mass is 10.0. The van der Waals surface area contributed by atoms with Gasteiger partial charge in [0.2, 0.25) is 10.4 Å². The molecule has 0 aromatic heterocycles. The Labute approximate surface area is 203 Å². The normalized spacial score (nSPS) is 11.9. The van der Waals surface area contributed by atoms with Crippen LogP contribution in [0, 0.1) is 0 Å². The van der Waals surface area contributed by atoms with E-state index in [9.17, 15) is 15.3 Å². The number of quaternary nitrogens is 1. The van der Waals surface area contributed by atoms with Crippen molar-refractivity contribution in [2.45, 2.75) is 110 Å². The van der Waals surface area contributed by atoms with E-state index in [-0.39, 0.29) is 19.8 Å². The van der Waals surface area contributed by atoms with Crippen LogP contribution in [0.3, 0.4) is 0 Å². The van der Waals surface area contributed by atoms with Crippen molar-refractivity contribution in [2.75, 3.05) is 46.0 Å². The molecule has 0 aliphatic carbocycles. The molecule has 0 heterocycles. The zero-order valence-electron chi connectivity index (χ0n) is 21.1. The summed E-state index contributed by atoms with van der Waals surface area (Å²) in [5, 5.41) is 27.9. The summed E-state index contributed by atoms with van der Waals surface area (Å²) in [7, 11) is -4.92. The number of hydrogen-bond donors (Lipinski definition) is 4. The number of unbranched alkanes of at least 4 members (excludes halogenated alkanes) is 15. The molecule has 0 unspecified atom stereocenters. The molecule has 0 aromatic rings. The summed E-state index contributed by atoms with van der Waals surface area (Å²) in [5.74, 6) is 0. The highest BCUT2D eigenvalue weighted by Gasteiger charge is 2.25. The lowest BCUT2D eigenvalue weighted by Gasteiger charge is -2.37. The first kappa shape index (κ1) is 34.9. The fourth-order valence-corrected chi connectivity index (χ4v) is 4.30. The Balaban J connectivity index is 0. The van der Waals surface area contributed by atoms with Gasteiger partial charge in [0.1, 0.15) is 19.6 Å². The maximum absolute atomic E-state index is 9.31. The molecule has 0 atom stereocenters. The van der Waals surface area contributed by atoms with Gasteiger partial charge in [-0.3, -0.25) is 4.55 Å². The van der Waals surface area contributed by atoms with Gasteiger partial charge in [-0.05, 0) is 12.8 Å². The van der Waals surface area contributed by atoms with E-state index in [1.807, 2.05) is 0 Å². The Bertz CT molecular complexity index is 464.